The summed E-state index contributed by atoms with van der Waals surface area (Å²) in [6.45, 7) is 0. The molecule has 2 aromatic rings. The third kappa shape index (κ3) is 3.15. The number of pyridine rings is 1. The quantitative estimate of drug-likeness (QED) is 0.902. The summed E-state index contributed by atoms with van der Waals surface area (Å²) < 4.78 is 26.8. The van der Waals surface area contributed by atoms with Crippen LogP contribution in [-0.2, 0) is 10.0 Å². The molecule has 0 atom stereocenters. The number of hydrogen-bond acceptors (Lipinski definition) is 4. The van der Waals surface area contributed by atoms with Crippen LogP contribution in [-0.4, -0.2) is 20.4 Å². The smallest absolute Gasteiger partial charge is 0.263 e. The number of halogens is 2. The van der Waals surface area contributed by atoms with Gasteiger partial charge in [0.05, 0.1) is 15.7 Å². The highest BCUT2D eigenvalue weighted by Gasteiger charge is 2.17. The highest BCUT2D eigenvalue weighted by atomic mass is 35.5. The molecule has 0 saturated heterocycles. The number of anilines is 2. The highest BCUT2D eigenvalue weighted by molar-refractivity contribution is 7.92. The third-order valence-corrected chi connectivity index (χ3v) is 4.67. The van der Waals surface area contributed by atoms with Gasteiger partial charge in [0, 0.05) is 13.2 Å². The molecule has 0 aliphatic carbocycles. The summed E-state index contributed by atoms with van der Waals surface area (Å²) in [6, 6.07) is 7.72. The fourth-order valence-electron chi connectivity index (χ4n) is 1.47. The maximum absolute atomic E-state index is 12.2. The van der Waals surface area contributed by atoms with Crippen LogP contribution in [0.15, 0.2) is 41.4 Å². The van der Waals surface area contributed by atoms with Crippen LogP contribution in [0.3, 0.4) is 0 Å². The Kier molecular flexibility index (Phi) is 4.37. The van der Waals surface area contributed by atoms with E-state index in [1.165, 1.54) is 18.3 Å². The minimum atomic E-state index is -3.76. The van der Waals surface area contributed by atoms with Gasteiger partial charge in [-0.2, -0.15) is 0 Å². The Morgan fingerprint density at radius 1 is 1.15 bits per heavy atom. The van der Waals surface area contributed by atoms with Gasteiger partial charge in [0.1, 0.15) is 10.7 Å². The van der Waals surface area contributed by atoms with E-state index in [1.807, 2.05) is 0 Å². The van der Waals surface area contributed by atoms with Crippen molar-refractivity contribution in [2.45, 2.75) is 4.90 Å². The lowest BCUT2D eigenvalue weighted by molar-refractivity contribution is 0.601. The molecular weight excluding hydrogens is 321 g/mol. The molecule has 2 N–H and O–H groups in total. The molecule has 1 heterocycles. The SMILES string of the molecule is CNc1ccc(S(=O)(=O)Nc2cccc(Cl)c2Cl)cn1. The average Bonchev–Trinajstić information content (AvgIpc) is 2.44. The van der Waals surface area contributed by atoms with E-state index < -0.39 is 10.0 Å². The largest absolute Gasteiger partial charge is 0.373 e. The lowest BCUT2D eigenvalue weighted by atomic mass is 10.3. The lowest BCUT2D eigenvalue weighted by Crippen LogP contribution is -2.13. The van der Waals surface area contributed by atoms with Gasteiger partial charge in [0.2, 0.25) is 0 Å². The van der Waals surface area contributed by atoms with Crippen LogP contribution in [0.25, 0.3) is 0 Å². The van der Waals surface area contributed by atoms with Gasteiger partial charge in [-0.1, -0.05) is 29.3 Å². The Morgan fingerprint density at radius 3 is 2.50 bits per heavy atom. The second-order valence-corrected chi connectivity index (χ2v) is 6.30. The number of benzene rings is 1. The minimum Gasteiger partial charge on any atom is -0.373 e. The number of rotatable bonds is 4. The van der Waals surface area contributed by atoms with Crippen LogP contribution in [0.4, 0.5) is 11.5 Å². The van der Waals surface area contributed by atoms with E-state index in [0.717, 1.165) is 0 Å². The first-order valence-electron chi connectivity index (χ1n) is 5.54. The number of nitrogens with one attached hydrogen (secondary N) is 2. The van der Waals surface area contributed by atoms with E-state index in [-0.39, 0.29) is 20.6 Å². The monoisotopic (exact) mass is 331 g/mol. The van der Waals surface area contributed by atoms with E-state index in [4.69, 9.17) is 23.2 Å². The molecule has 0 unspecified atom stereocenters. The normalized spacial score (nSPS) is 11.2. The van der Waals surface area contributed by atoms with Gasteiger partial charge in [0.25, 0.3) is 10.0 Å². The van der Waals surface area contributed by atoms with Crippen molar-refractivity contribution in [3.8, 4) is 0 Å². The van der Waals surface area contributed by atoms with Crippen molar-refractivity contribution in [1.82, 2.24) is 4.98 Å². The summed E-state index contributed by atoms with van der Waals surface area (Å²) in [5.41, 5.74) is 0.219. The number of nitrogens with zero attached hydrogens (tertiary/aromatic N) is 1. The zero-order chi connectivity index (χ0) is 14.8. The van der Waals surface area contributed by atoms with Crippen LogP contribution in [0.1, 0.15) is 0 Å². The average molecular weight is 332 g/mol. The zero-order valence-electron chi connectivity index (χ0n) is 10.4. The fraction of sp³-hybridized carbons (Fsp3) is 0.0833. The van der Waals surface area contributed by atoms with Gasteiger partial charge < -0.3 is 5.32 Å². The van der Waals surface area contributed by atoms with Crippen LogP contribution in [0.2, 0.25) is 10.0 Å². The number of hydrogen-bond donors (Lipinski definition) is 2. The Morgan fingerprint density at radius 2 is 1.90 bits per heavy atom. The molecule has 20 heavy (non-hydrogen) atoms. The second-order valence-electron chi connectivity index (χ2n) is 3.84. The Hall–Kier alpha value is -1.50. The molecule has 0 radical (unpaired) electrons. The summed E-state index contributed by atoms with van der Waals surface area (Å²) in [7, 11) is -2.07. The summed E-state index contributed by atoms with van der Waals surface area (Å²) in [6.07, 6.45) is 1.26. The van der Waals surface area contributed by atoms with E-state index in [0.29, 0.717) is 5.82 Å². The van der Waals surface area contributed by atoms with Crippen LogP contribution in [0.5, 0.6) is 0 Å². The fourth-order valence-corrected chi connectivity index (χ4v) is 2.89. The second kappa shape index (κ2) is 5.87. The van der Waals surface area contributed by atoms with Crippen molar-refractivity contribution in [1.29, 1.82) is 0 Å². The molecule has 8 heteroatoms. The molecule has 0 aliphatic rings. The molecule has 0 fully saturated rings. The van der Waals surface area contributed by atoms with Gasteiger partial charge in [-0.25, -0.2) is 13.4 Å². The standard InChI is InChI=1S/C12H11Cl2N3O2S/c1-15-11-6-5-8(7-16-11)20(18,19)17-10-4-2-3-9(13)12(10)14/h2-7,17H,1H3,(H,15,16). The van der Waals surface area contributed by atoms with Gasteiger partial charge in [-0.05, 0) is 24.3 Å². The van der Waals surface area contributed by atoms with Crippen molar-refractivity contribution >= 4 is 44.7 Å². The summed E-state index contributed by atoms with van der Waals surface area (Å²) >= 11 is 11.8. The third-order valence-electron chi connectivity index (χ3n) is 2.50. The van der Waals surface area contributed by atoms with Crippen LogP contribution in [0, 0.1) is 0 Å². The van der Waals surface area contributed by atoms with E-state index in [9.17, 15) is 8.42 Å². The Labute approximate surface area is 127 Å². The highest BCUT2D eigenvalue weighted by Crippen LogP contribution is 2.31. The van der Waals surface area contributed by atoms with Gasteiger partial charge in [0.15, 0.2) is 0 Å². The molecule has 1 aromatic carbocycles. The molecule has 106 valence electrons. The molecule has 5 nitrogen and oxygen atoms in total. The van der Waals surface area contributed by atoms with Gasteiger partial charge in [-0.15, -0.1) is 0 Å². The first-order chi connectivity index (χ1) is 9.44. The Bertz CT molecular complexity index is 718. The van der Waals surface area contributed by atoms with Crippen molar-refractivity contribution in [2.24, 2.45) is 0 Å². The van der Waals surface area contributed by atoms with Crippen molar-refractivity contribution in [3.63, 3.8) is 0 Å². The Balaban J connectivity index is 2.33. The molecule has 1 aromatic heterocycles. The maximum Gasteiger partial charge on any atom is 0.263 e. The van der Waals surface area contributed by atoms with Gasteiger partial charge >= 0.3 is 0 Å². The van der Waals surface area contributed by atoms with E-state index in [2.05, 4.69) is 15.0 Å². The lowest BCUT2D eigenvalue weighted by Gasteiger charge is -2.10. The summed E-state index contributed by atoms with van der Waals surface area (Å²) in [4.78, 5) is 3.99. The van der Waals surface area contributed by atoms with E-state index in [1.54, 1.807) is 25.2 Å². The first-order valence-corrected chi connectivity index (χ1v) is 7.78. The van der Waals surface area contributed by atoms with E-state index >= 15 is 0 Å². The van der Waals surface area contributed by atoms with Crippen molar-refractivity contribution < 1.29 is 8.42 Å². The van der Waals surface area contributed by atoms with Crippen LogP contribution >= 0.6 is 23.2 Å². The predicted octanol–water partition coefficient (Wildman–Crippen LogP) is 3.23. The molecule has 0 spiro atoms. The molecular formula is C12H11Cl2N3O2S. The zero-order valence-corrected chi connectivity index (χ0v) is 12.7. The molecule has 0 aliphatic heterocycles. The summed E-state index contributed by atoms with van der Waals surface area (Å²) in [5, 5.41) is 3.23. The molecule has 2 rings (SSSR count). The molecule has 0 amide bonds. The minimum absolute atomic E-state index is 0.0348. The van der Waals surface area contributed by atoms with Crippen molar-refractivity contribution in [3.05, 3.63) is 46.6 Å². The van der Waals surface area contributed by atoms with Crippen LogP contribution < -0.4 is 10.0 Å². The predicted molar refractivity (Wildman–Crippen MR) is 81.1 cm³/mol. The van der Waals surface area contributed by atoms with Crippen molar-refractivity contribution in [2.75, 3.05) is 17.1 Å². The topological polar surface area (TPSA) is 71.1 Å². The maximum atomic E-state index is 12.2. The molecule has 0 saturated carbocycles. The first kappa shape index (κ1) is 14.9. The summed E-state index contributed by atoms with van der Waals surface area (Å²) in [5.74, 6) is 0.574. The number of sulfonamides is 1. The number of aromatic nitrogens is 1. The molecule has 0 bridgehead atoms. The van der Waals surface area contributed by atoms with Gasteiger partial charge in [-0.3, -0.25) is 4.72 Å².